The van der Waals surface area contributed by atoms with E-state index >= 15 is 0 Å². The molecule has 2 heterocycles. The van der Waals surface area contributed by atoms with Crippen LogP contribution in [-0.4, -0.2) is 30.5 Å². The predicted molar refractivity (Wildman–Crippen MR) is 72.1 cm³/mol. The van der Waals surface area contributed by atoms with Gasteiger partial charge in [0.2, 0.25) is 10.0 Å². The molecule has 19 heavy (non-hydrogen) atoms. The standard InChI is InChI=1S/C12H16N4O2S/c13-12(4-2-5-12)8-16-19(17,18)10-7-15-11-9(10)3-1-6-14-11/h1,3,6-7,16H,2,4-5,8,13H2,(H,14,15). The van der Waals surface area contributed by atoms with Crippen LogP contribution in [0.15, 0.2) is 29.4 Å². The summed E-state index contributed by atoms with van der Waals surface area (Å²) in [6.07, 6.45) is 5.88. The van der Waals surface area contributed by atoms with E-state index in [2.05, 4.69) is 14.7 Å². The highest BCUT2D eigenvalue weighted by Gasteiger charge is 2.34. The van der Waals surface area contributed by atoms with Crippen LogP contribution in [0.2, 0.25) is 0 Å². The lowest BCUT2D eigenvalue weighted by Crippen LogP contribution is -2.54. The maximum absolute atomic E-state index is 12.3. The summed E-state index contributed by atoms with van der Waals surface area (Å²) in [6.45, 7) is 0.280. The van der Waals surface area contributed by atoms with Gasteiger partial charge in [0.1, 0.15) is 10.5 Å². The molecule has 0 aliphatic heterocycles. The molecule has 102 valence electrons. The third-order valence-electron chi connectivity index (χ3n) is 3.67. The SMILES string of the molecule is NC1(CNS(=O)(=O)c2c[nH]c3ncccc23)CCC1. The van der Waals surface area contributed by atoms with Gasteiger partial charge < -0.3 is 10.7 Å². The first-order chi connectivity index (χ1) is 9.00. The smallest absolute Gasteiger partial charge is 0.242 e. The minimum Gasteiger partial charge on any atom is -0.345 e. The number of sulfonamides is 1. The van der Waals surface area contributed by atoms with Crippen molar-refractivity contribution in [3.05, 3.63) is 24.5 Å². The Morgan fingerprint density at radius 3 is 2.95 bits per heavy atom. The Kier molecular flexibility index (Phi) is 2.84. The third kappa shape index (κ3) is 2.24. The fraction of sp³-hybridized carbons (Fsp3) is 0.417. The lowest BCUT2D eigenvalue weighted by Gasteiger charge is -2.37. The van der Waals surface area contributed by atoms with Crippen LogP contribution in [0.3, 0.4) is 0 Å². The highest BCUT2D eigenvalue weighted by Crippen LogP contribution is 2.29. The van der Waals surface area contributed by atoms with E-state index in [1.807, 2.05) is 0 Å². The second kappa shape index (κ2) is 4.29. The molecule has 0 atom stereocenters. The zero-order valence-corrected chi connectivity index (χ0v) is 11.2. The molecule has 0 radical (unpaired) electrons. The van der Waals surface area contributed by atoms with Gasteiger partial charge in [0.05, 0.1) is 0 Å². The number of hydrogen-bond acceptors (Lipinski definition) is 4. The Hall–Kier alpha value is -1.44. The van der Waals surface area contributed by atoms with Crippen molar-refractivity contribution in [2.45, 2.75) is 29.7 Å². The first-order valence-electron chi connectivity index (χ1n) is 6.21. The Balaban J connectivity index is 1.87. The Morgan fingerprint density at radius 1 is 1.47 bits per heavy atom. The first kappa shape index (κ1) is 12.6. The van der Waals surface area contributed by atoms with Gasteiger partial charge >= 0.3 is 0 Å². The minimum absolute atomic E-state index is 0.221. The van der Waals surface area contributed by atoms with E-state index in [4.69, 9.17) is 5.73 Å². The molecule has 0 aromatic carbocycles. The highest BCUT2D eigenvalue weighted by molar-refractivity contribution is 7.89. The Labute approximate surface area is 111 Å². The molecule has 0 unspecified atom stereocenters. The van der Waals surface area contributed by atoms with Gasteiger partial charge in [-0.2, -0.15) is 0 Å². The van der Waals surface area contributed by atoms with Gasteiger partial charge in [-0.05, 0) is 31.4 Å². The zero-order chi connectivity index (χ0) is 13.5. The van der Waals surface area contributed by atoms with Gasteiger partial charge in [0.25, 0.3) is 0 Å². The molecule has 1 fully saturated rings. The molecule has 2 aromatic heterocycles. The van der Waals surface area contributed by atoms with Crippen LogP contribution in [0, 0.1) is 0 Å². The number of nitrogens with two attached hydrogens (primary N) is 1. The molecule has 0 bridgehead atoms. The number of H-pyrrole nitrogens is 1. The molecule has 4 N–H and O–H groups in total. The number of aromatic amines is 1. The van der Waals surface area contributed by atoms with Crippen LogP contribution in [0.25, 0.3) is 11.0 Å². The van der Waals surface area contributed by atoms with E-state index in [-0.39, 0.29) is 17.0 Å². The van der Waals surface area contributed by atoms with Crippen molar-refractivity contribution in [1.82, 2.24) is 14.7 Å². The fourth-order valence-electron chi connectivity index (χ4n) is 2.28. The van der Waals surface area contributed by atoms with Gasteiger partial charge in [-0.1, -0.05) is 0 Å². The summed E-state index contributed by atoms with van der Waals surface area (Å²) >= 11 is 0. The first-order valence-corrected chi connectivity index (χ1v) is 7.69. The zero-order valence-electron chi connectivity index (χ0n) is 10.4. The number of nitrogens with zero attached hydrogens (tertiary/aromatic N) is 1. The van der Waals surface area contributed by atoms with Crippen molar-refractivity contribution in [3.63, 3.8) is 0 Å². The van der Waals surface area contributed by atoms with Crippen molar-refractivity contribution in [2.75, 3.05) is 6.54 Å². The normalized spacial score (nSPS) is 18.4. The molecule has 1 aliphatic carbocycles. The maximum Gasteiger partial charge on any atom is 0.242 e. The summed E-state index contributed by atoms with van der Waals surface area (Å²) in [5.41, 5.74) is 6.22. The molecular formula is C12H16N4O2S. The lowest BCUT2D eigenvalue weighted by atomic mass is 9.78. The molecule has 0 saturated heterocycles. The van der Waals surface area contributed by atoms with Crippen LogP contribution in [-0.2, 0) is 10.0 Å². The van der Waals surface area contributed by atoms with Gasteiger partial charge in [-0.25, -0.2) is 18.1 Å². The predicted octanol–water partition coefficient (Wildman–Crippen LogP) is 0.723. The van der Waals surface area contributed by atoms with Crippen LogP contribution < -0.4 is 10.5 Å². The van der Waals surface area contributed by atoms with Crippen molar-refractivity contribution in [3.8, 4) is 0 Å². The summed E-state index contributed by atoms with van der Waals surface area (Å²) < 4.78 is 27.2. The lowest BCUT2D eigenvalue weighted by molar-refractivity contribution is 0.251. The molecular weight excluding hydrogens is 264 g/mol. The van der Waals surface area contributed by atoms with E-state index in [0.29, 0.717) is 11.0 Å². The van der Waals surface area contributed by atoms with Crippen LogP contribution >= 0.6 is 0 Å². The van der Waals surface area contributed by atoms with Crippen LogP contribution in [0.4, 0.5) is 0 Å². The molecule has 1 aliphatic rings. The monoisotopic (exact) mass is 280 g/mol. The van der Waals surface area contributed by atoms with E-state index in [1.54, 1.807) is 18.3 Å². The van der Waals surface area contributed by atoms with E-state index in [0.717, 1.165) is 19.3 Å². The summed E-state index contributed by atoms with van der Waals surface area (Å²) in [5.74, 6) is 0. The summed E-state index contributed by atoms with van der Waals surface area (Å²) in [5, 5.41) is 0.592. The fourth-order valence-corrected chi connectivity index (χ4v) is 3.58. The topological polar surface area (TPSA) is 101 Å². The molecule has 0 spiro atoms. The number of hydrogen-bond donors (Lipinski definition) is 3. The van der Waals surface area contributed by atoms with Crippen molar-refractivity contribution < 1.29 is 8.42 Å². The summed E-state index contributed by atoms with van der Waals surface area (Å²) in [6, 6.07) is 3.44. The molecule has 0 amide bonds. The van der Waals surface area contributed by atoms with Crippen molar-refractivity contribution in [1.29, 1.82) is 0 Å². The van der Waals surface area contributed by atoms with Crippen molar-refractivity contribution >= 4 is 21.1 Å². The number of nitrogens with one attached hydrogen (secondary N) is 2. The van der Waals surface area contributed by atoms with E-state index < -0.39 is 10.0 Å². The van der Waals surface area contributed by atoms with Gasteiger partial charge in [-0.15, -0.1) is 0 Å². The largest absolute Gasteiger partial charge is 0.345 e. The molecule has 3 rings (SSSR count). The molecule has 2 aromatic rings. The molecule has 1 saturated carbocycles. The van der Waals surface area contributed by atoms with E-state index in [1.165, 1.54) is 6.20 Å². The van der Waals surface area contributed by atoms with Crippen LogP contribution in [0.1, 0.15) is 19.3 Å². The quantitative estimate of drug-likeness (QED) is 0.768. The van der Waals surface area contributed by atoms with Gasteiger partial charge in [-0.3, -0.25) is 0 Å². The van der Waals surface area contributed by atoms with Crippen molar-refractivity contribution in [2.24, 2.45) is 5.73 Å². The molecule has 7 heteroatoms. The van der Waals surface area contributed by atoms with Gasteiger partial charge in [0.15, 0.2) is 0 Å². The average molecular weight is 280 g/mol. The second-order valence-corrected chi connectivity index (χ2v) is 6.83. The Bertz CT molecular complexity index is 703. The number of rotatable bonds is 4. The molecule has 6 nitrogen and oxygen atoms in total. The number of fused-ring (bicyclic) bond motifs is 1. The Morgan fingerprint density at radius 2 is 2.26 bits per heavy atom. The maximum atomic E-state index is 12.3. The number of pyridine rings is 1. The minimum atomic E-state index is -3.55. The highest BCUT2D eigenvalue weighted by atomic mass is 32.2. The average Bonchev–Trinajstić information content (AvgIpc) is 2.79. The third-order valence-corrected chi connectivity index (χ3v) is 5.11. The summed E-state index contributed by atoms with van der Waals surface area (Å²) in [4.78, 5) is 7.16. The van der Waals surface area contributed by atoms with Crippen LogP contribution in [0.5, 0.6) is 0 Å². The second-order valence-electron chi connectivity index (χ2n) is 5.09. The van der Waals surface area contributed by atoms with Gasteiger partial charge in [0, 0.05) is 29.9 Å². The van der Waals surface area contributed by atoms with E-state index in [9.17, 15) is 8.42 Å². The number of aromatic nitrogens is 2. The summed E-state index contributed by atoms with van der Waals surface area (Å²) in [7, 11) is -3.55.